The zero-order valence-electron chi connectivity index (χ0n) is 4.86. The highest BCUT2D eigenvalue weighted by Gasteiger charge is 1.94. The zero-order chi connectivity index (χ0) is 6.85. The third-order valence-corrected chi connectivity index (χ3v) is 1.98. The lowest BCUT2D eigenvalue weighted by molar-refractivity contribution is 1.23. The fraction of sp³-hybridized carbons (Fsp3) is 0.167. The highest BCUT2D eigenvalue weighted by molar-refractivity contribution is 14.1. The van der Waals surface area contributed by atoms with Gasteiger partial charge in [-0.3, -0.25) is 0 Å². The molecule has 0 aliphatic rings. The monoisotopic (exact) mass is 253 g/mol. The van der Waals surface area contributed by atoms with E-state index in [-0.39, 0.29) is 0 Å². The molecule has 0 fully saturated rings. The van der Waals surface area contributed by atoms with Crippen LogP contribution in [-0.2, 0) is 0 Å². The maximum atomic E-state index is 5.70. The number of hydrogen-bond acceptors (Lipinski definition) is 1. The molecule has 1 aromatic rings. The number of hydrogen-bond donors (Lipinski definition) is 0. The van der Waals surface area contributed by atoms with Gasteiger partial charge >= 0.3 is 0 Å². The van der Waals surface area contributed by atoms with Crippen LogP contribution in [0.1, 0.15) is 5.56 Å². The van der Waals surface area contributed by atoms with Crippen LogP contribution in [-0.4, -0.2) is 4.98 Å². The Bertz CT molecular complexity index is 224. The van der Waals surface area contributed by atoms with E-state index < -0.39 is 0 Å². The molecule has 0 radical (unpaired) electrons. The molecule has 0 unspecified atom stereocenters. The molecule has 0 spiro atoms. The standard InChI is InChI=1S/C6H5ClIN/c1-4-2-3-5(8)9-6(4)7/h2-3H,1H3. The van der Waals surface area contributed by atoms with Crippen LogP contribution in [0, 0.1) is 10.6 Å². The summed E-state index contributed by atoms with van der Waals surface area (Å²) in [5, 5.41) is 0.599. The van der Waals surface area contributed by atoms with Crippen LogP contribution in [0.2, 0.25) is 5.15 Å². The second-order valence-corrected chi connectivity index (χ2v) is 3.20. The van der Waals surface area contributed by atoms with Crippen LogP contribution >= 0.6 is 34.2 Å². The van der Waals surface area contributed by atoms with Crippen LogP contribution in [0.15, 0.2) is 12.1 Å². The van der Waals surface area contributed by atoms with Crippen molar-refractivity contribution in [3.05, 3.63) is 26.5 Å². The summed E-state index contributed by atoms with van der Waals surface area (Å²) in [4.78, 5) is 4.03. The van der Waals surface area contributed by atoms with E-state index in [2.05, 4.69) is 27.6 Å². The molecule has 0 bridgehead atoms. The first kappa shape index (κ1) is 7.28. The summed E-state index contributed by atoms with van der Waals surface area (Å²) in [7, 11) is 0. The van der Waals surface area contributed by atoms with Crippen molar-refractivity contribution in [1.29, 1.82) is 0 Å². The SMILES string of the molecule is Cc1ccc(I)nc1Cl. The van der Waals surface area contributed by atoms with Gasteiger partial charge in [-0.2, -0.15) is 0 Å². The first-order valence-electron chi connectivity index (χ1n) is 2.49. The Morgan fingerprint density at radius 3 is 2.67 bits per heavy atom. The summed E-state index contributed by atoms with van der Waals surface area (Å²) in [6.07, 6.45) is 0. The number of pyridine rings is 1. The van der Waals surface area contributed by atoms with Gasteiger partial charge in [-0.05, 0) is 41.1 Å². The van der Waals surface area contributed by atoms with Crippen molar-refractivity contribution in [1.82, 2.24) is 4.98 Å². The Morgan fingerprint density at radius 1 is 1.56 bits per heavy atom. The minimum atomic E-state index is 0.599. The van der Waals surface area contributed by atoms with Crippen molar-refractivity contribution in [2.75, 3.05) is 0 Å². The molecule has 1 rings (SSSR count). The molecule has 0 N–H and O–H groups in total. The predicted octanol–water partition coefficient (Wildman–Crippen LogP) is 2.65. The van der Waals surface area contributed by atoms with Crippen molar-refractivity contribution in [2.45, 2.75) is 6.92 Å². The lowest BCUT2D eigenvalue weighted by atomic mass is 10.3. The summed E-state index contributed by atoms with van der Waals surface area (Å²) in [5.41, 5.74) is 1.03. The van der Waals surface area contributed by atoms with E-state index in [1.54, 1.807) is 0 Å². The molecule has 0 saturated carbocycles. The minimum absolute atomic E-state index is 0.599. The van der Waals surface area contributed by atoms with Crippen molar-refractivity contribution in [3.8, 4) is 0 Å². The van der Waals surface area contributed by atoms with Crippen molar-refractivity contribution < 1.29 is 0 Å². The highest BCUT2D eigenvalue weighted by atomic mass is 127. The van der Waals surface area contributed by atoms with Gasteiger partial charge in [0.25, 0.3) is 0 Å². The molecule has 0 saturated heterocycles. The third kappa shape index (κ3) is 1.79. The molecule has 0 amide bonds. The summed E-state index contributed by atoms with van der Waals surface area (Å²) in [5.74, 6) is 0. The largest absolute Gasteiger partial charge is 0.230 e. The molecule has 0 aliphatic carbocycles. The zero-order valence-corrected chi connectivity index (χ0v) is 7.77. The van der Waals surface area contributed by atoms with Crippen molar-refractivity contribution in [2.24, 2.45) is 0 Å². The van der Waals surface area contributed by atoms with E-state index in [0.29, 0.717) is 5.15 Å². The summed E-state index contributed by atoms with van der Waals surface area (Å²) in [6.45, 7) is 1.94. The Morgan fingerprint density at radius 2 is 2.22 bits per heavy atom. The van der Waals surface area contributed by atoms with E-state index >= 15 is 0 Å². The minimum Gasteiger partial charge on any atom is -0.230 e. The quantitative estimate of drug-likeness (QED) is 0.512. The molecule has 0 aromatic carbocycles. The molecule has 0 atom stereocenters. The van der Waals surface area contributed by atoms with Crippen molar-refractivity contribution in [3.63, 3.8) is 0 Å². The van der Waals surface area contributed by atoms with Gasteiger partial charge in [-0.1, -0.05) is 17.7 Å². The van der Waals surface area contributed by atoms with Crippen LogP contribution < -0.4 is 0 Å². The van der Waals surface area contributed by atoms with Crippen LogP contribution in [0.3, 0.4) is 0 Å². The van der Waals surface area contributed by atoms with Gasteiger partial charge in [0.15, 0.2) is 0 Å². The van der Waals surface area contributed by atoms with Gasteiger partial charge in [-0.25, -0.2) is 4.98 Å². The fourth-order valence-electron chi connectivity index (χ4n) is 0.482. The second-order valence-electron chi connectivity index (χ2n) is 1.74. The number of aryl methyl sites for hydroxylation is 1. The number of nitrogens with zero attached hydrogens (tertiary/aromatic N) is 1. The van der Waals surface area contributed by atoms with E-state index in [1.807, 2.05) is 19.1 Å². The number of rotatable bonds is 0. The Kier molecular flexibility index (Phi) is 2.29. The number of aromatic nitrogens is 1. The summed E-state index contributed by atoms with van der Waals surface area (Å²) < 4.78 is 0.934. The van der Waals surface area contributed by atoms with Gasteiger partial charge in [0.05, 0.1) is 0 Å². The number of halogens is 2. The fourth-order valence-corrected chi connectivity index (χ4v) is 1.20. The van der Waals surface area contributed by atoms with Crippen LogP contribution in [0.5, 0.6) is 0 Å². The van der Waals surface area contributed by atoms with Crippen LogP contribution in [0.25, 0.3) is 0 Å². The average Bonchev–Trinajstić information content (AvgIpc) is 1.80. The second kappa shape index (κ2) is 2.84. The summed E-state index contributed by atoms with van der Waals surface area (Å²) >= 11 is 7.82. The molecular weight excluding hydrogens is 248 g/mol. The van der Waals surface area contributed by atoms with Gasteiger partial charge < -0.3 is 0 Å². The maximum absolute atomic E-state index is 5.70. The van der Waals surface area contributed by atoms with Gasteiger partial charge in [-0.15, -0.1) is 0 Å². The van der Waals surface area contributed by atoms with E-state index in [9.17, 15) is 0 Å². The predicted molar refractivity (Wildman–Crippen MR) is 46.7 cm³/mol. The Hall–Kier alpha value is 0.170. The third-order valence-electron chi connectivity index (χ3n) is 1.00. The summed E-state index contributed by atoms with van der Waals surface area (Å²) in [6, 6.07) is 3.89. The first-order valence-corrected chi connectivity index (χ1v) is 3.94. The molecule has 1 aromatic heterocycles. The lowest BCUT2D eigenvalue weighted by Crippen LogP contribution is -1.82. The maximum Gasteiger partial charge on any atom is 0.133 e. The lowest BCUT2D eigenvalue weighted by Gasteiger charge is -1.94. The topological polar surface area (TPSA) is 12.9 Å². The Labute approximate surface area is 72.6 Å². The molecule has 9 heavy (non-hydrogen) atoms. The van der Waals surface area contributed by atoms with Crippen LogP contribution in [0.4, 0.5) is 0 Å². The van der Waals surface area contributed by atoms with E-state index in [0.717, 1.165) is 9.26 Å². The first-order chi connectivity index (χ1) is 4.20. The van der Waals surface area contributed by atoms with Crippen molar-refractivity contribution >= 4 is 34.2 Å². The normalized spacial score (nSPS) is 9.67. The molecular formula is C6H5ClIN. The smallest absolute Gasteiger partial charge is 0.133 e. The van der Waals surface area contributed by atoms with E-state index in [4.69, 9.17) is 11.6 Å². The molecule has 1 heterocycles. The highest BCUT2D eigenvalue weighted by Crippen LogP contribution is 2.12. The molecule has 3 heteroatoms. The molecule has 1 nitrogen and oxygen atoms in total. The van der Waals surface area contributed by atoms with Gasteiger partial charge in [0.2, 0.25) is 0 Å². The van der Waals surface area contributed by atoms with E-state index in [1.165, 1.54) is 0 Å². The molecule has 48 valence electrons. The Balaban J connectivity index is 3.17. The van der Waals surface area contributed by atoms with Gasteiger partial charge in [0, 0.05) is 0 Å². The van der Waals surface area contributed by atoms with Gasteiger partial charge in [0.1, 0.15) is 8.85 Å². The molecule has 0 aliphatic heterocycles. The average molecular weight is 253 g/mol.